The number of aliphatic hydroxyl groups is 1. The Kier molecular flexibility index (Phi) is 6.16. The monoisotopic (exact) mass is 410 g/mol. The van der Waals surface area contributed by atoms with Crippen molar-refractivity contribution in [3.63, 3.8) is 0 Å². The fourth-order valence-electron chi connectivity index (χ4n) is 2.88. The summed E-state index contributed by atoms with van der Waals surface area (Å²) in [6.45, 7) is 5.63. The van der Waals surface area contributed by atoms with Gasteiger partial charge < -0.3 is 20.5 Å². The van der Waals surface area contributed by atoms with Gasteiger partial charge in [0.15, 0.2) is 0 Å². The lowest BCUT2D eigenvalue weighted by Crippen LogP contribution is -2.30. The number of anilines is 3. The lowest BCUT2D eigenvalue weighted by atomic mass is 10.1. The third kappa shape index (κ3) is 5.96. The Bertz CT molecular complexity index is 854. The Morgan fingerprint density at radius 2 is 1.93 bits per heavy atom. The van der Waals surface area contributed by atoms with Crippen LogP contribution in [0.4, 0.5) is 30.6 Å². The summed E-state index contributed by atoms with van der Waals surface area (Å²) >= 11 is 0. The third-order valence-corrected chi connectivity index (χ3v) is 4.75. The Hall–Kier alpha value is -2.55. The number of aryl methyl sites for hydroxylation is 1. The second-order valence-electron chi connectivity index (χ2n) is 7.60. The van der Waals surface area contributed by atoms with Crippen molar-refractivity contribution in [2.75, 3.05) is 17.2 Å². The molecule has 1 fully saturated rings. The number of hydrogen-bond acceptors (Lipinski definition) is 6. The molecule has 0 saturated heterocycles. The maximum Gasteiger partial charge on any atom is 0.573 e. The van der Waals surface area contributed by atoms with Crippen LogP contribution in [0.1, 0.15) is 43.9 Å². The first-order valence-electron chi connectivity index (χ1n) is 9.54. The van der Waals surface area contributed by atoms with E-state index in [4.69, 9.17) is 0 Å². The van der Waals surface area contributed by atoms with Crippen LogP contribution in [0.2, 0.25) is 0 Å². The number of alkyl halides is 3. The largest absolute Gasteiger partial charge is 0.573 e. The molecule has 6 nitrogen and oxygen atoms in total. The number of nitrogens with one attached hydrogen (secondary N) is 2. The van der Waals surface area contributed by atoms with Crippen molar-refractivity contribution in [2.24, 2.45) is 5.92 Å². The number of aromatic nitrogens is 2. The average molecular weight is 410 g/mol. The highest BCUT2D eigenvalue weighted by Gasteiger charge is 2.31. The van der Waals surface area contributed by atoms with Crippen molar-refractivity contribution in [1.82, 2.24) is 9.97 Å². The summed E-state index contributed by atoms with van der Waals surface area (Å²) in [5.41, 5.74) is 2.11. The van der Waals surface area contributed by atoms with Crippen LogP contribution in [-0.4, -0.2) is 34.1 Å². The van der Waals surface area contributed by atoms with E-state index in [-0.39, 0.29) is 24.3 Å². The van der Waals surface area contributed by atoms with Gasteiger partial charge >= 0.3 is 6.36 Å². The van der Waals surface area contributed by atoms with Gasteiger partial charge in [0.05, 0.1) is 18.3 Å². The Balaban J connectivity index is 1.83. The van der Waals surface area contributed by atoms with Gasteiger partial charge in [0, 0.05) is 17.7 Å². The van der Waals surface area contributed by atoms with Crippen molar-refractivity contribution in [3.05, 3.63) is 35.5 Å². The zero-order valence-electron chi connectivity index (χ0n) is 16.5. The third-order valence-electron chi connectivity index (χ3n) is 4.75. The van der Waals surface area contributed by atoms with Gasteiger partial charge in [0.1, 0.15) is 11.6 Å². The minimum atomic E-state index is -4.73. The lowest BCUT2D eigenvalue weighted by molar-refractivity contribution is -0.274. The first-order valence-corrected chi connectivity index (χ1v) is 9.54. The molecule has 1 heterocycles. The minimum absolute atomic E-state index is 0.0444. The molecule has 0 unspecified atom stereocenters. The number of aliphatic hydroxyl groups excluding tert-OH is 1. The van der Waals surface area contributed by atoms with E-state index in [2.05, 4.69) is 25.3 Å². The number of ether oxygens (including phenoxy) is 1. The van der Waals surface area contributed by atoms with E-state index in [1.807, 2.05) is 19.9 Å². The molecule has 3 rings (SSSR count). The molecule has 1 atom stereocenters. The van der Waals surface area contributed by atoms with Gasteiger partial charge in [-0.2, -0.15) is 4.98 Å². The molecule has 0 aliphatic heterocycles. The van der Waals surface area contributed by atoms with Crippen LogP contribution in [0.25, 0.3) is 0 Å². The highest BCUT2D eigenvalue weighted by Crippen LogP contribution is 2.40. The van der Waals surface area contributed by atoms with E-state index < -0.39 is 6.36 Å². The van der Waals surface area contributed by atoms with Crippen molar-refractivity contribution in [1.29, 1.82) is 0 Å². The van der Waals surface area contributed by atoms with E-state index in [1.54, 1.807) is 6.92 Å². The van der Waals surface area contributed by atoms with Gasteiger partial charge in [-0.15, -0.1) is 13.2 Å². The van der Waals surface area contributed by atoms with Crippen LogP contribution in [-0.2, 0) is 0 Å². The SMILES string of the molecule is Cc1cc(OC(F)(F)F)ccc1Nc1cc(C2CC2)nc(N[C@H](CO)C(C)C)n1. The second-order valence-corrected chi connectivity index (χ2v) is 7.60. The van der Waals surface area contributed by atoms with Gasteiger partial charge in [-0.1, -0.05) is 13.8 Å². The molecular formula is C20H25F3N4O2. The molecule has 0 amide bonds. The predicted molar refractivity (Wildman–Crippen MR) is 104 cm³/mol. The highest BCUT2D eigenvalue weighted by atomic mass is 19.4. The summed E-state index contributed by atoms with van der Waals surface area (Å²) in [4.78, 5) is 9.04. The summed E-state index contributed by atoms with van der Waals surface area (Å²) < 4.78 is 41.2. The molecule has 0 spiro atoms. The van der Waals surface area contributed by atoms with Crippen LogP contribution in [0.5, 0.6) is 5.75 Å². The van der Waals surface area contributed by atoms with Crippen molar-refractivity contribution >= 4 is 17.5 Å². The molecule has 9 heteroatoms. The summed E-state index contributed by atoms with van der Waals surface area (Å²) in [5.74, 6) is 1.26. The van der Waals surface area contributed by atoms with Gasteiger partial charge in [0.2, 0.25) is 5.95 Å². The fraction of sp³-hybridized carbons (Fsp3) is 0.500. The van der Waals surface area contributed by atoms with Gasteiger partial charge in [-0.05, 0) is 49.4 Å². The average Bonchev–Trinajstić information content (AvgIpc) is 3.45. The molecule has 2 aromatic rings. The molecule has 29 heavy (non-hydrogen) atoms. The van der Waals surface area contributed by atoms with Gasteiger partial charge in [-0.25, -0.2) is 4.98 Å². The summed E-state index contributed by atoms with van der Waals surface area (Å²) in [5, 5.41) is 15.9. The molecule has 0 radical (unpaired) electrons. The Labute approximate surface area is 167 Å². The Morgan fingerprint density at radius 3 is 2.48 bits per heavy atom. The van der Waals surface area contributed by atoms with Crippen LogP contribution in [0.3, 0.4) is 0 Å². The first kappa shape index (κ1) is 21.2. The quantitative estimate of drug-likeness (QED) is 0.584. The van der Waals surface area contributed by atoms with Crippen LogP contribution >= 0.6 is 0 Å². The molecular weight excluding hydrogens is 385 g/mol. The number of benzene rings is 1. The molecule has 1 aliphatic rings. The predicted octanol–water partition coefficient (Wildman–Crippen LogP) is 4.73. The summed E-state index contributed by atoms with van der Waals surface area (Å²) in [6, 6.07) is 5.76. The van der Waals surface area contributed by atoms with E-state index in [9.17, 15) is 18.3 Å². The number of halogens is 3. The molecule has 1 aromatic heterocycles. The standard InChI is InChI=1S/C20H25F3N4O2/c1-11(2)17(10-28)26-19-25-16(13-4-5-13)9-18(27-19)24-15-7-6-14(8-12(15)3)29-20(21,22)23/h6-9,11,13,17,28H,4-5,10H2,1-3H3,(H2,24,25,26,27)/t17-/m1/s1. The molecule has 158 valence electrons. The van der Waals surface area contributed by atoms with Crippen LogP contribution in [0, 0.1) is 12.8 Å². The van der Waals surface area contributed by atoms with E-state index in [0.29, 0.717) is 28.9 Å². The van der Waals surface area contributed by atoms with Crippen molar-refractivity contribution in [2.45, 2.75) is 51.9 Å². The smallest absolute Gasteiger partial charge is 0.406 e. The summed E-state index contributed by atoms with van der Waals surface area (Å²) in [6.07, 6.45) is -2.61. The van der Waals surface area contributed by atoms with Gasteiger partial charge in [0.25, 0.3) is 0 Å². The topological polar surface area (TPSA) is 79.3 Å². The molecule has 3 N–H and O–H groups in total. The maximum atomic E-state index is 12.4. The van der Waals surface area contributed by atoms with E-state index in [0.717, 1.165) is 18.5 Å². The van der Waals surface area contributed by atoms with E-state index >= 15 is 0 Å². The molecule has 1 aromatic carbocycles. The first-order chi connectivity index (χ1) is 13.6. The summed E-state index contributed by atoms with van der Waals surface area (Å²) in [7, 11) is 0. The normalized spacial score (nSPS) is 15.3. The number of nitrogens with zero attached hydrogens (tertiary/aromatic N) is 2. The number of hydrogen-bond donors (Lipinski definition) is 3. The molecule has 1 saturated carbocycles. The van der Waals surface area contributed by atoms with Gasteiger partial charge in [-0.3, -0.25) is 0 Å². The molecule has 1 aliphatic carbocycles. The lowest BCUT2D eigenvalue weighted by Gasteiger charge is -2.21. The fourth-order valence-corrected chi connectivity index (χ4v) is 2.88. The zero-order valence-corrected chi connectivity index (χ0v) is 16.5. The zero-order chi connectivity index (χ0) is 21.2. The highest BCUT2D eigenvalue weighted by molar-refractivity contribution is 5.63. The van der Waals surface area contributed by atoms with E-state index in [1.165, 1.54) is 18.2 Å². The maximum absolute atomic E-state index is 12.4. The molecule has 0 bridgehead atoms. The Morgan fingerprint density at radius 1 is 1.21 bits per heavy atom. The minimum Gasteiger partial charge on any atom is -0.406 e. The van der Waals surface area contributed by atoms with Crippen LogP contribution in [0.15, 0.2) is 24.3 Å². The second kappa shape index (κ2) is 8.44. The van der Waals surface area contributed by atoms with Crippen molar-refractivity contribution in [3.8, 4) is 5.75 Å². The number of rotatable bonds is 8. The van der Waals surface area contributed by atoms with Crippen molar-refractivity contribution < 1.29 is 23.0 Å². The van der Waals surface area contributed by atoms with Crippen LogP contribution < -0.4 is 15.4 Å².